The van der Waals surface area contributed by atoms with Crippen LogP contribution in [0.15, 0.2) is 48.5 Å². The van der Waals surface area contributed by atoms with E-state index >= 15 is 0 Å². The number of ether oxygens (including phenoxy) is 3. The van der Waals surface area contributed by atoms with Crippen LogP contribution >= 0.6 is 0 Å². The Morgan fingerprint density at radius 2 is 1.90 bits per heavy atom. The van der Waals surface area contributed by atoms with Gasteiger partial charge in [-0.2, -0.15) is 0 Å². The van der Waals surface area contributed by atoms with E-state index in [1.54, 1.807) is 7.11 Å². The summed E-state index contributed by atoms with van der Waals surface area (Å²) in [5.74, 6) is 0.983. The molecular formula is C25H32N2O4. The van der Waals surface area contributed by atoms with Crippen LogP contribution in [0.3, 0.4) is 0 Å². The summed E-state index contributed by atoms with van der Waals surface area (Å²) in [7, 11) is 1.59. The number of rotatable bonds is 9. The summed E-state index contributed by atoms with van der Waals surface area (Å²) in [5.41, 5.74) is 3.29. The molecule has 0 aromatic heterocycles. The topological polar surface area (TPSA) is 60.0 Å². The molecule has 1 heterocycles. The molecular weight excluding hydrogens is 392 g/mol. The fourth-order valence-corrected chi connectivity index (χ4v) is 3.55. The maximum Gasteiger partial charge on any atom is 0.258 e. The zero-order chi connectivity index (χ0) is 22.1. The average molecular weight is 425 g/mol. The Morgan fingerprint density at radius 3 is 2.58 bits per heavy atom. The molecule has 1 fully saturated rings. The number of nitrogens with zero attached hydrogens (tertiary/aromatic N) is 1. The van der Waals surface area contributed by atoms with Crippen molar-refractivity contribution < 1.29 is 19.0 Å². The van der Waals surface area contributed by atoms with Gasteiger partial charge >= 0.3 is 0 Å². The van der Waals surface area contributed by atoms with Crippen LogP contribution in [-0.4, -0.2) is 57.4 Å². The highest BCUT2D eigenvalue weighted by Gasteiger charge is 2.20. The largest absolute Gasteiger partial charge is 0.493 e. The smallest absolute Gasteiger partial charge is 0.258 e. The third-order valence-electron chi connectivity index (χ3n) is 5.26. The van der Waals surface area contributed by atoms with Gasteiger partial charge in [-0.3, -0.25) is 9.69 Å². The van der Waals surface area contributed by atoms with Crippen LogP contribution in [0.2, 0.25) is 0 Å². The summed E-state index contributed by atoms with van der Waals surface area (Å²) < 4.78 is 16.6. The lowest BCUT2D eigenvalue weighted by molar-refractivity contribution is -0.124. The van der Waals surface area contributed by atoms with Gasteiger partial charge in [0.25, 0.3) is 5.91 Å². The normalized spacial score (nSPS) is 15.6. The fourth-order valence-electron chi connectivity index (χ4n) is 3.55. The molecule has 1 aliphatic heterocycles. The zero-order valence-electron chi connectivity index (χ0n) is 18.6. The minimum absolute atomic E-state index is 0.0786. The predicted octanol–water partition coefficient (Wildman–Crippen LogP) is 3.61. The van der Waals surface area contributed by atoms with Crippen LogP contribution < -0.4 is 14.8 Å². The Morgan fingerprint density at radius 1 is 1.16 bits per heavy atom. The van der Waals surface area contributed by atoms with Crippen molar-refractivity contribution in [1.29, 1.82) is 0 Å². The number of amides is 1. The second kappa shape index (κ2) is 11.5. The number of benzene rings is 2. The molecule has 1 saturated heterocycles. The highest BCUT2D eigenvalue weighted by molar-refractivity contribution is 5.78. The molecule has 3 rings (SSSR count). The summed E-state index contributed by atoms with van der Waals surface area (Å²) in [6.07, 6.45) is 3.94. The number of carbonyl (C=O) groups is 1. The van der Waals surface area contributed by atoms with Gasteiger partial charge in [0.1, 0.15) is 0 Å². The molecule has 0 bridgehead atoms. The third kappa shape index (κ3) is 6.84. The van der Waals surface area contributed by atoms with E-state index < -0.39 is 0 Å². The van der Waals surface area contributed by atoms with Gasteiger partial charge < -0.3 is 19.5 Å². The molecule has 0 unspecified atom stereocenters. The van der Waals surface area contributed by atoms with Gasteiger partial charge in [-0.1, -0.05) is 48.0 Å². The van der Waals surface area contributed by atoms with Crippen molar-refractivity contribution >= 4 is 12.0 Å². The van der Waals surface area contributed by atoms with Gasteiger partial charge in [0.2, 0.25) is 0 Å². The quantitative estimate of drug-likeness (QED) is 0.667. The molecule has 31 heavy (non-hydrogen) atoms. The molecule has 6 heteroatoms. The lowest BCUT2D eigenvalue weighted by Gasteiger charge is -2.31. The molecule has 2 aromatic rings. The number of allylic oxidation sites excluding steroid dienone is 1. The van der Waals surface area contributed by atoms with Gasteiger partial charge in [-0.25, -0.2) is 0 Å². The van der Waals surface area contributed by atoms with Gasteiger partial charge in [-0.15, -0.1) is 0 Å². The number of hydrogen-bond donors (Lipinski definition) is 1. The first kappa shape index (κ1) is 22.8. The molecule has 166 valence electrons. The summed E-state index contributed by atoms with van der Waals surface area (Å²) in [5, 5.41) is 3.14. The molecule has 0 aliphatic carbocycles. The first-order valence-corrected chi connectivity index (χ1v) is 10.7. The van der Waals surface area contributed by atoms with Crippen molar-refractivity contribution in [1.82, 2.24) is 10.2 Å². The van der Waals surface area contributed by atoms with Crippen LogP contribution in [0.5, 0.6) is 11.5 Å². The van der Waals surface area contributed by atoms with Crippen molar-refractivity contribution in [2.24, 2.45) is 0 Å². The Bertz CT molecular complexity index is 874. The Hall–Kier alpha value is -2.83. The van der Waals surface area contributed by atoms with Crippen LogP contribution in [0, 0.1) is 6.92 Å². The third-order valence-corrected chi connectivity index (χ3v) is 5.26. The minimum Gasteiger partial charge on any atom is -0.493 e. The maximum atomic E-state index is 12.7. The average Bonchev–Trinajstić information content (AvgIpc) is 2.79. The van der Waals surface area contributed by atoms with E-state index in [1.807, 2.05) is 37.3 Å². The molecule has 1 atom stereocenters. The predicted molar refractivity (Wildman–Crippen MR) is 123 cm³/mol. The lowest BCUT2D eigenvalue weighted by Crippen LogP contribution is -2.44. The highest BCUT2D eigenvalue weighted by Crippen LogP contribution is 2.28. The number of methoxy groups -OCH3 is 1. The Balaban J connectivity index is 1.65. The first-order chi connectivity index (χ1) is 15.1. The van der Waals surface area contributed by atoms with Crippen LogP contribution in [-0.2, 0) is 9.53 Å². The van der Waals surface area contributed by atoms with E-state index in [9.17, 15) is 4.79 Å². The summed E-state index contributed by atoms with van der Waals surface area (Å²) in [6, 6.07) is 13.8. The molecule has 6 nitrogen and oxygen atoms in total. The number of aryl methyl sites for hydroxylation is 1. The standard InChI is InChI=1S/C25H32N2O4/c1-4-5-20-8-11-23(24(16-20)29-3)31-18-25(28)26-22(17-27-12-14-30-15-13-27)21-9-6-19(2)7-10-21/h4-11,16,22H,12-15,17-18H2,1-3H3,(H,26,28)/b5-4+/t22-/m0/s1. The Kier molecular flexibility index (Phi) is 8.50. The van der Waals surface area contributed by atoms with Crippen molar-refractivity contribution in [3.8, 4) is 11.5 Å². The van der Waals surface area contributed by atoms with Crippen molar-refractivity contribution in [3.05, 3.63) is 65.2 Å². The number of carbonyl (C=O) groups excluding carboxylic acids is 1. The van der Waals surface area contributed by atoms with Crippen LogP contribution in [0.1, 0.15) is 29.7 Å². The van der Waals surface area contributed by atoms with Crippen LogP contribution in [0.25, 0.3) is 6.08 Å². The Labute approximate surface area is 184 Å². The molecule has 0 radical (unpaired) electrons. The van der Waals surface area contributed by atoms with Crippen LogP contribution in [0.4, 0.5) is 0 Å². The van der Waals surface area contributed by atoms with Gasteiger partial charge in [0, 0.05) is 19.6 Å². The summed E-state index contributed by atoms with van der Waals surface area (Å²) in [4.78, 5) is 15.1. The minimum atomic E-state index is -0.168. The van der Waals surface area contributed by atoms with Gasteiger partial charge in [0.05, 0.1) is 26.4 Å². The summed E-state index contributed by atoms with van der Waals surface area (Å²) >= 11 is 0. The van der Waals surface area contributed by atoms with Crippen molar-refractivity contribution in [3.63, 3.8) is 0 Å². The SMILES string of the molecule is C/C=C/c1ccc(OCC(=O)N[C@@H](CN2CCOCC2)c2ccc(C)cc2)c(OC)c1. The molecule has 0 saturated carbocycles. The molecule has 1 aliphatic rings. The number of nitrogens with one attached hydrogen (secondary N) is 1. The molecule has 0 spiro atoms. The number of hydrogen-bond acceptors (Lipinski definition) is 5. The zero-order valence-corrected chi connectivity index (χ0v) is 18.6. The first-order valence-electron chi connectivity index (χ1n) is 10.7. The van der Waals surface area contributed by atoms with E-state index in [0.29, 0.717) is 11.5 Å². The number of morpholine rings is 1. The lowest BCUT2D eigenvalue weighted by atomic mass is 10.0. The second-order valence-electron chi connectivity index (χ2n) is 7.64. The van der Waals surface area contributed by atoms with Crippen molar-refractivity contribution in [2.75, 3.05) is 46.6 Å². The van der Waals surface area contributed by atoms with E-state index in [-0.39, 0.29) is 18.6 Å². The van der Waals surface area contributed by atoms with Crippen molar-refractivity contribution in [2.45, 2.75) is 19.9 Å². The maximum absolute atomic E-state index is 12.7. The van der Waals surface area contributed by atoms with E-state index in [4.69, 9.17) is 14.2 Å². The monoisotopic (exact) mass is 424 g/mol. The highest BCUT2D eigenvalue weighted by atomic mass is 16.5. The fraction of sp³-hybridized carbons (Fsp3) is 0.400. The van der Waals surface area contributed by atoms with E-state index in [1.165, 1.54) is 5.56 Å². The van der Waals surface area contributed by atoms with E-state index in [2.05, 4.69) is 41.4 Å². The molecule has 1 amide bonds. The van der Waals surface area contributed by atoms with E-state index in [0.717, 1.165) is 44.0 Å². The summed E-state index contributed by atoms with van der Waals surface area (Å²) in [6.45, 7) is 7.85. The molecule has 1 N–H and O–H groups in total. The van der Waals surface area contributed by atoms with Gasteiger partial charge in [0.15, 0.2) is 18.1 Å². The van der Waals surface area contributed by atoms with Gasteiger partial charge in [-0.05, 0) is 37.1 Å². The second-order valence-corrected chi connectivity index (χ2v) is 7.64. The molecule has 2 aromatic carbocycles.